The monoisotopic (exact) mass is 459 g/mol. The van der Waals surface area contributed by atoms with Crippen LogP contribution in [-0.2, 0) is 16.4 Å². The fourth-order valence-electron chi connectivity index (χ4n) is 4.04. The number of hydrogen-bond donors (Lipinski definition) is 2. The van der Waals surface area contributed by atoms with Crippen molar-refractivity contribution in [3.8, 4) is 0 Å². The number of fused-ring (bicyclic) bond motifs is 1. The van der Waals surface area contributed by atoms with Gasteiger partial charge in [0.1, 0.15) is 11.2 Å². The van der Waals surface area contributed by atoms with E-state index in [2.05, 4.69) is 28.7 Å². The van der Waals surface area contributed by atoms with Crippen LogP contribution in [0.2, 0.25) is 0 Å². The summed E-state index contributed by atoms with van der Waals surface area (Å²) >= 11 is 0. The third-order valence-corrected chi connectivity index (χ3v) is 7.25. The van der Waals surface area contributed by atoms with Gasteiger partial charge in [-0.15, -0.1) is 0 Å². The number of benzene rings is 1. The maximum absolute atomic E-state index is 12.9. The van der Waals surface area contributed by atoms with Gasteiger partial charge < -0.3 is 4.98 Å². The lowest BCUT2D eigenvalue weighted by atomic mass is 10.1. The molecule has 0 aliphatic carbocycles. The number of aromatic nitrogens is 4. The molecule has 0 bridgehead atoms. The lowest BCUT2D eigenvalue weighted by molar-refractivity contribution is 0.401. The van der Waals surface area contributed by atoms with Crippen LogP contribution in [0.15, 0.2) is 34.0 Å². The minimum absolute atomic E-state index is 0.180. The molecular formula is C23H33N5O3S. The van der Waals surface area contributed by atoms with Gasteiger partial charge in [0.05, 0.1) is 16.6 Å². The summed E-state index contributed by atoms with van der Waals surface area (Å²) in [6.45, 7) is 6.17. The van der Waals surface area contributed by atoms with Crippen molar-refractivity contribution in [2.24, 2.45) is 0 Å². The standard InChI is InChI=1S/C23H33N5O3S/c1-5-7-8-9-12-18(6-2)28-22-21(16(3)27-28)23(29)26-20(25-22)15-17-11-10-13-19(14-17)32(30,31)24-4/h10-11,13-14,18,24H,5-9,12,15H2,1-4H3,(H,25,26,29). The molecule has 0 amide bonds. The fourth-order valence-corrected chi connectivity index (χ4v) is 4.84. The van der Waals surface area contributed by atoms with Crippen molar-refractivity contribution in [3.05, 3.63) is 51.7 Å². The van der Waals surface area contributed by atoms with Gasteiger partial charge in [0.2, 0.25) is 10.0 Å². The van der Waals surface area contributed by atoms with E-state index >= 15 is 0 Å². The number of aryl methyl sites for hydroxylation is 1. The molecule has 2 aromatic heterocycles. The minimum Gasteiger partial charge on any atom is -0.310 e. The zero-order valence-corrected chi connectivity index (χ0v) is 20.1. The second-order valence-electron chi connectivity index (χ2n) is 8.18. The molecule has 32 heavy (non-hydrogen) atoms. The second kappa shape index (κ2) is 10.4. The number of nitrogens with one attached hydrogen (secondary N) is 2. The highest BCUT2D eigenvalue weighted by molar-refractivity contribution is 7.89. The van der Waals surface area contributed by atoms with Crippen molar-refractivity contribution in [2.75, 3.05) is 7.05 Å². The van der Waals surface area contributed by atoms with Crippen LogP contribution in [0, 0.1) is 6.92 Å². The van der Waals surface area contributed by atoms with Crippen LogP contribution in [0.25, 0.3) is 11.0 Å². The summed E-state index contributed by atoms with van der Waals surface area (Å²) in [4.78, 5) is 20.6. The largest absolute Gasteiger partial charge is 0.310 e. The van der Waals surface area contributed by atoms with Gasteiger partial charge in [-0.2, -0.15) is 5.10 Å². The third-order valence-electron chi connectivity index (χ3n) is 5.84. The van der Waals surface area contributed by atoms with Gasteiger partial charge in [0.15, 0.2) is 5.65 Å². The number of H-pyrrole nitrogens is 1. The summed E-state index contributed by atoms with van der Waals surface area (Å²) in [7, 11) is -2.16. The Morgan fingerprint density at radius 3 is 2.66 bits per heavy atom. The molecule has 2 heterocycles. The maximum Gasteiger partial charge on any atom is 0.262 e. The van der Waals surface area contributed by atoms with E-state index in [-0.39, 0.29) is 16.5 Å². The van der Waals surface area contributed by atoms with E-state index in [0.717, 1.165) is 24.8 Å². The van der Waals surface area contributed by atoms with Gasteiger partial charge in [0, 0.05) is 6.42 Å². The van der Waals surface area contributed by atoms with Crippen molar-refractivity contribution >= 4 is 21.1 Å². The van der Waals surface area contributed by atoms with E-state index in [1.54, 1.807) is 12.1 Å². The van der Waals surface area contributed by atoms with Crippen LogP contribution in [0.1, 0.15) is 75.5 Å². The Labute approximate surface area is 189 Å². The molecular weight excluding hydrogens is 426 g/mol. The molecule has 174 valence electrons. The van der Waals surface area contributed by atoms with Crippen molar-refractivity contribution in [3.63, 3.8) is 0 Å². The van der Waals surface area contributed by atoms with Crippen LogP contribution in [0.4, 0.5) is 0 Å². The first-order valence-electron chi connectivity index (χ1n) is 11.3. The number of hydrogen-bond acceptors (Lipinski definition) is 5. The van der Waals surface area contributed by atoms with Crippen LogP contribution >= 0.6 is 0 Å². The molecule has 1 unspecified atom stereocenters. The second-order valence-corrected chi connectivity index (χ2v) is 10.1. The molecule has 1 aromatic carbocycles. The molecule has 0 aliphatic rings. The lowest BCUT2D eigenvalue weighted by Crippen LogP contribution is -2.19. The Kier molecular flexibility index (Phi) is 7.84. The van der Waals surface area contributed by atoms with Gasteiger partial charge in [-0.1, -0.05) is 51.7 Å². The number of sulfonamides is 1. The van der Waals surface area contributed by atoms with Gasteiger partial charge in [-0.3, -0.25) is 4.79 Å². The first-order valence-corrected chi connectivity index (χ1v) is 12.8. The van der Waals surface area contributed by atoms with Gasteiger partial charge in [-0.05, 0) is 44.5 Å². The first kappa shape index (κ1) is 24.1. The summed E-state index contributed by atoms with van der Waals surface area (Å²) in [5.74, 6) is 0.489. The normalized spacial score (nSPS) is 13.0. The van der Waals surface area contributed by atoms with E-state index in [1.165, 1.54) is 32.4 Å². The van der Waals surface area contributed by atoms with Gasteiger partial charge >= 0.3 is 0 Å². The summed E-state index contributed by atoms with van der Waals surface area (Å²) < 4.78 is 28.5. The van der Waals surface area contributed by atoms with E-state index in [0.29, 0.717) is 29.0 Å². The number of unbranched alkanes of at least 4 members (excludes halogenated alkanes) is 3. The molecule has 9 heteroatoms. The van der Waals surface area contributed by atoms with E-state index in [9.17, 15) is 13.2 Å². The van der Waals surface area contributed by atoms with Crippen molar-refractivity contribution in [1.29, 1.82) is 0 Å². The average molecular weight is 460 g/mol. The third kappa shape index (κ3) is 5.27. The molecule has 0 spiro atoms. The number of rotatable bonds is 11. The molecule has 3 aromatic rings. The summed E-state index contributed by atoms with van der Waals surface area (Å²) in [5, 5.41) is 5.19. The SMILES string of the molecule is CCCCCCC(CC)n1nc(C)c2c(=O)[nH]c(Cc3cccc(S(=O)(=O)NC)c3)nc21. The zero-order valence-electron chi connectivity index (χ0n) is 19.3. The smallest absolute Gasteiger partial charge is 0.262 e. The van der Waals surface area contributed by atoms with E-state index in [1.807, 2.05) is 17.7 Å². The molecule has 8 nitrogen and oxygen atoms in total. The predicted octanol–water partition coefficient (Wildman–Crippen LogP) is 3.85. The molecule has 1 atom stereocenters. The molecule has 0 saturated heterocycles. The van der Waals surface area contributed by atoms with Gasteiger partial charge in [0.25, 0.3) is 5.56 Å². The van der Waals surface area contributed by atoms with Crippen molar-refractivity contribution in [2.45, 2.75) is 76.7 Å². The number of nitrogens with zero attached hydrogens (tertiary/aromatic N) is 3. The summed E-state index contributed by atoms with van der Waals surface area (Å²) in [6, 6.07) is 6.84. The number of aromatic amines is 1. The van der Waals surface area contributed by atoms with Crippen LogP contribution in [0.5, 0.6) is 0 Å². The van der Waals surface area contributed by atoms with E-state index in [4.69, 9.17) is 4.98 Å². The summed E-state index contributed by atoms with van der Waals surface area (Å²) in [5.41, 5.74) is 1.81. The van der Waals surface area contributed by atoms with Crippen LogP contribution < -0.4 is 10.3 Å². The molecule has 0 fully saturated rings. The van der Waals surface area contributed by atoms with Crippen molar-refractivity contribution in [1.82, 2.24) is 24.5 Å². The fraction of sp³-hybridized carbons (Fsp3) is 0.522. The topological polar surface area (TPSA) is 110 Å². The van der Waals surface area contributed by atoms with Gasteiger partial charge in [-0.25, -0.2) is 22.8 Å². The highest BCUT2D eigenvalue weighted by atomic mass is 32.2. The Balaban J connectivity index is 1.96. The Morgan fingerprint density at radius 1 is 1.19 bits per heavy atom. The zero-order chi connectivity index (χ0) is 23.3. The Hall–Kier alpha value is -2.52. The average Bonchev–Trinajstić information content (AvgIpc) is 3.10. The van der Waals surface area contributed by atoms with Crippen LogP contribution in [0.3, 0.4) is 0 Å². The minimum atomic E-state index is -3.54. The summed E-state index contributed by atoms with van der Waals surface area (Å²) in [6.07, 6.45) is 6.95. The molecule has 0 saturated carbocycles. The molecule has 2 N–H and O–H groups in total. The van der Waals surface area contributed by atoms with Crippen molar-refractivity contribution < 1.29 is 8.42 Å². The first-order chi connectivity index (χ1) is 15.3. The molecule has 3 rings (SSSR count). The Bertz CT molecular complexity index is 1230. The quantitative estimate of drug-likeness (QED) is 0.423. The highest BCUT2D eigenvalue weighted by Gasteiger charge is 2.20. The maximum atomic E-state index is 12.9. The molecule has 0 radical (unpaired) electrons. The van der Waals surface area contributed by atoms with Crippen LogP contribution in [-0.4, -0.2) is 35.2 Å². The lowest BCUT2D eigenvalue weighted by Gasteiger charge is -2.16. The highest BCUT2D eigenvalue weighted by Crippen LogP contribution is 2.24. The molecule has 0 aliphatic heterocycles. The van der Waals surface area contributed by atoms with E-state index < -0.39 is 10.0 Å². The Morgan fingerprint density at radius 2 is 1.97 bits per heavy atom. The predicted molar refractivity (Wildman–Crippen MR) is 126 cm³/mol.